The summed E-state index contributed by atoms with van der Waals surface area (Å²) in [6.07, 6.45) is -5.34. The maximum Gasteiger partial charge on any atom is 0.415 e. The molecule has 1 aromatic rings. The van der Waals surface area contributed by atoms with E-state index in [0.717, 1.165) is 24.0 Å². The predicted octanol–water partition coefficient (Wildman–Crippen LogP) is 1.96. The van der Waals surface area contributed by atoms with Crippen molar-refractivity contribution in [2.45, 2.75) is 83.1 Å². The minimum absolute atomic E-state index is 0.0152. The maximum absolute atomic E-state index is 13.1. The van der Waals surface area contributed by atoms with E-state index in [1.54, 1.807) is 4.90 Å². The maximum atomic E-state index is 13.1. The Morgan fingerprint density at radius 1 is 1.09 bits per heavy atom. The number of nitrogens with zero attached hydrogens (tertiary/aromatic N) is 1. The van der Waals surface area contributed by atoms with Crippen LogP contribution >= 0.6 is 0 Å². The number of rotatable bonds is 7. The summed E-state index contributed by atoms with van der Waals surface area (Å²) >= 11 is 0. The Kier molecular flexibility index (Phi) is 9.31. The lowest BCUT2D eigenvalue weighted by Gasteiger charge is -2.40. The molecule has 1 unspecified atom stereocenters. The molecule has 4 N–H and O–H groups in total. The molecular weight excluding hydrogens is 442 g/mol. The molecule has 2 fully saturated rings. The van der Waals surface area contributed by atoms with Gasteiger partial charge in [-0.1, -0.05) is 45.9 Å². The molecule has 34 heavy (non-hydrogen) atoms. The molecule has 9 heteroatoms. The molecular formula is C25H39NO8. The summed E-state index contributed by atoms with van der Waals surface area (Å²) in [5.74, 6) is 1.04. The largest absolute Gasteiger partial charge is 0.415 e. The molecule has 2 heterocycles. The van der Waals surface area contributed by atoms with Gasteiger partial charge in [-0.05, 0) is 35.8 Å². The Labute approximate surface area is 201 Å². The highest BCUT2D eigenvalue weighted by molar-refractivity contribution is 5.72. The van der Waals surface area contributed by atoms with Gasteiger partial charge < -0.3 is 39.5 Å². The van der Waals surface area contributed by atoms with Crippen LogP contribution in [0.4, 0.5) is 4.79 Å². The fourth-order valence-electron chi connectivity index (χ4n) is 4.56. The molecule has 0 aliphatic carbocycles. The van der Waals surface area contributed by atoms with Crippen LogP contribution in [0.5, 0.6) is 5.75 Å². The van der Waals surface area contributed by atoms with E-state index in [2.05, 4.69) is 27.7 Å². The van der Waals surface area contributed by atoms with E-state index in [4.69, 9.17) is 14.2 Å². The first-order chi connectivity index (χ1) is 16.1. The molecule has 9 nitrogen and oxygen atoms in total. The molecule has 0 saturated carbocycles. The third-order valence-corrected chi connectivity index (χ3v) is 6.63. The minimum Gasteiger partial charge on any atom is -0.410 e. The van der Waals surface area contributed by atoms with Gasteiger partial charge in [0.2, 0.25) is 0 Å². The average Bonchev–Trinajstić information content (AvgIpc) is 2.82. The number of carbonyl (C=O) groups is 1. The number of carbonyl (C=O) groups excluding carboxylic acids is 1. The van der Waals surface area contributed by atoms with Gasteiger partial charge in [0, 0.05) is 19.0 Å². The average molecular weight is 482 g/mol. The van der Waals surface area contributed by atoms with E-state index in [9.17, 15) is 25.2 Å². The first-order valence-electron chi connectivity index (χ1n) is 12.2. The molecule has 1 aromatic carbocycles. The fourth-order valence-corrected chi connectivity index (χ4v) is 4.56. The summed E-state index contributed by atoms with van der Waals surface area (Å²) < 4.78 is 17.1. The lowest BCUT2D eigenvalue weighted by molar-refractivity contribution is -0.303. The van der Waals surface area contributed by atoms with Gasteiger partial charge >= 0.3 is 6.09 Å². The lowest BCUT2D eigenvalue weighted by atomic mass is 9.94. The minimum atomic E-state index is -1.48. The third-order valence-electron chi connectivity index (χ3n) is 6.63. The number of likely N-dealkylation sites (tertiary alicyclic amines) is 1. The van der Waals surface area contributed by atoms with Crippen LogP contribution in [-0.2, 0) is 9.47 Å². The van der Waals surface area contributed by atoms with Gasteiger partial charge in [-0.3, -0.25) is 0 Å². The van der Waals surface area contributed by atoms with Crippen LogP contribution in [0.15, 0.2) is 18.2 Å². The molecule has 0 aromatic heterocycles. The molecule has 3 rings (SSSR count). The van der Waals surface area contributed by atoms with E-state index in [1.165, 1.54) is 0 Å². The number of ether oxygens (including phenoxy) is 3. The molecule has 0 bridgehead atoms. The normalized spacial score (nSPS) is 30.1. The standard InChI is InChI=1S/C25H39NO8/c1-14(2)17-8-5-9-18(15(3)4)23(17)34-25(31)26-10-6-7-16(11-26)13-32-24-22(30)21(29)20(28)19(12-27)33-24/h5,8-9,14-16,19-22,24,27-30H,6-7,10-13H2,1-4H3/t16?,19-,20-,21+,22-,24-/m1/s1. The van der Waals surface area contributed by atoms with Crippen LogP contribution in [0.25, 0.3) is 0 Å². The van der Waals surface area contributed by atoms with E-state index in [1.807, 2.05) is 18.2 Å². The Balaban J connectivity index is 1.62. The Bertz CT molecular complexity index is 788. The van der Waals surface area contributed by atoms with Gasteiger partial charge in [0.1, 0.15) is 30.2 Å². The second-order valence-corrected chi connectivity index (χ2v) is 9.93. The number of piperidine rings is 1. The van der Waals surface area contributed by atoms with Gasteiger partial charge in [0.05, 0.1) is 13.2 Å². The van der Waals surface area contributed by atoms with Gasteiger partial charge in [0.15, 0.2) is 6.29 Å². The van der Waals surface area contributed by atoms with E-state index < -0.39 is 43.4 Å². The van der Waals surface area contributed by atoms with Crippen LogP contribution < -0.4 is 4.74 Å². The Hall–Kier alpha value is -1.75. The van der Waals surface area contributed by atoms with Crippen LogP contribution in [0.2, 0.25) is 0 Å². The van der Waals surface area contributed by atoms with Gasteiger partial charge in [-0.15, -0.1) is 0 Å². The van der Waals surface area contributed by atoms with Crippen molar-refractivity contribution < 1.29 is 39.4 Å². The second kappa shape index (κ2) is 11.8. The molecule has 2 aliphatic rings. The molecule has 1 amide bonds. The summed E-state index contributed by atoms with van der Waals surface area (Å²) in [5, 5.41) is 39.4. The summed E-state index contributed by atoms with van der Waals surface area (Å²) in [4.78, 5) is 14.8. The van der Waals surface area contributed by atoms with Crippen molar-refractivity contribution in [2.75, 3.05) is 26.3 Å². The van der Waals surface area contributed by atoms with E-state index >= 15 is 0 Å². The Morgan fingerprint density at radius 3 is 2.32 bits per heavy atom. The summed E-state index contributed by atoms with van der Waals surface area (Å²) in [6.45, 7) is 8.98. The monoisotopic (exact) mass is 481 g/mol. The van der Waals surface area contributed by atoms with Gasteiger partial charge in [0.25, 0.3) is 0 Å². The number of benzene rings is 1. The van der Waals surface area contributed by atoms with Crippen molar-refractivity contribution in [1.29, 1.82) is 0 Å². The van der Waals surface area contributed by atoms with Crippen molar-refractivity contribution in [2.24, 2.45) is 5.92 Å². The summed E-state index contributed by atoms with van der Waals surface area (Å²) in [5.41, 5.74) is 2.00. The molecule has 6 atom stereocenters. The number of amides is 1. The van der Waals surface area contributed by atoms with Crippen molar-refractivity contribution in [3.63, 3.8) is 0 Å². The fraction of sp³-hybridized carbons (Fsp3) is 0.720. The topological polar surface area (TPSA) is 129 Å². The number of aliphatic hydroxyl groups excluding tert-OH is 4. The van der Waals surface area contributed by atoms with Crippen molar-refractivity contribution >= 4 is 6.09 Å². The number of hydrogen-bond donors (Lipinski definition) is 4. The van der Waals surface area contributed by atoms with Crippen molar-refractivity contribution in [3.8, 4) is 5.75 Å². The van der Waals surface area contributed by atoms with E-state index in [0.29, 0.717) is 18.8 Å². The highest BCUT2D eigenvalue weighted by atomic mass is 16.7. The highest BCUT2D eigenvalue weighted by Gasteiger charge is 2.44. The Morgan fingerprint density at radius 2 is 1.74 bits per heavy atom. The highest BCUT2D eigenvalue weighted by Crippen LogP contribution is 2.35. The van der Waals surface area contributed by atoms with Crippen LogP contribution in [-0.4, -0.2) is 88.4 Å². The van der Waals surface area contributed by atoms with Crippen LogP contribution in [0, 0.1) is 5.92 Å². The number of para-hydroxylation sites is 1. The van der Waals surface area contributed by atoms with Crippen LogP contribution in [0.1, 0.15) is 63.5 Å². The quantitative estimate of drug-likeness (QED) is 0.465. The zero-order valence-electron chi connectivity index (χ0n) is 20.5. The smallest absolute Gasteiger partial charge is 0.410 e. The third kappa shape index (κ3) is 6.08. The first-order valence-corrected chi connectivity index (χ1v) is 12.2. The number of hydrogen-bond acceptors (Lipinski definition) is 8. The predicted molar refractivity (Wildman–Crippen MR) is 125 cm³/mol. The lowest BCUT2D eigenvalue weighted by Crippen LogP contribution is -2.59. The van der Waals surface area contributed by atoms with Crippen molar-refractivity contribution in [3.05, 3.63) is 29.3 Å². The first kappa shape index (κ1) is 26.8. The summed E-state index contributed by atoms with van der Waals surface area (Å²) in [6, 6.07) is 5.98. The molecule has 0 radical (unpaired) electrons. The summed E-state index contributed by atoms with van der Waals surface area (Å²) in [7, 11) is 0. The molecule has 2 aliphatic heterocycles. The zero-order chi connectivity index (χ0) is 25.0. The second-order valence-electron chi connectivity index (χ2n) is 9.93. The van der Waals surface area contributed by atoms with Crippen molar-refractivity contribution in [1.82, 2.24) is 4.90 Å². The molecule has 0 spiro atoms. The zero-order valence-corrected chi connectivity index (χ0v) is 20.5. The van der Waals surface area contributed by atoms with Gasteiger partial charge in [-0.25, -0.2) is 4.79 Å². The van der Waals surface area contributed by atoms with Crippen LogP contribution in [0.3, 0.4) is 0 Å². The van der Waals surface area contributed by atoms with Gasteiger partial charge in [-0.2, -0.15) is 0 Å². The molecule has 192 valence electrons. The number of aliphatic hydroxyl groups is 4. The van der Waals surface area contributed by atoms with E-state index in [-0.39, 0.29) is 24.4 Å². The SMILES string of the molecule is CC(C)c1cccc(C(C)C)c1OC(=O)N1CCCC(CO[C@@H]2O[C@H](CO)[C@@H](O)[C@H](O)[C@H]2O)C1. The molecule has 2 saturated heterocycles.